The maximum atomic E-state index is 6.13. The molecule has 27 heavy (non-hydrogen) atoms. The summed E-state index contributed by atoms with van der Waals surface area (Å²) in [5, 5.41) is 0. The molecule has 0 radical (unpaired) electrons. The predicted molar refractivity (Wildman–Crippen MR) is 109 cm³/mol. The van der Waals surface area contributed by atoms with Crippen molar-refractivity contribution in [1.29, 1.82) is 0 Å². The predicted octanol–water partition coefficient (Wildman–Crippen LogP) is 6.22. The fourth-order valence-corrected chi connectivity index (χ4v) is 3.01. The fraction of sp³-hybridized carbons (Fsp3) is 0.0833. The second-order valence-corrected chi connectivity index (χ2v) is 6.54. The molecule has 2 heterocycles. The largest absolute Gasteiger partial charge is 0.457 e. The number of hydrogen-bond acceptors (Lipinski definition) is 3. The van der Waals surface area contributed by atoms with Crippen molar-refractivity contribution in [2.45, 2.75) is 13.8 Å². The monoisotopic (exact) mass is 352 g/mol. The lowest BCUT2D eigenvalue weighted by atomic mass is 10.0. The zero-order valence-electron chi connectivity index (χ0n) is 15.4. The Labute approximate surface area is 159 Å². The highest BCUT2D eigenvalue weighted by atomic mass is 16.5. The Hall–Kier alpha value is -3.46. The Morgan fingerprint density at radius 3 is 2.33 bits per heavy atom. The Morgan fingerprint density at radius 2 is 1.52 bits per heavy atom. The van der Waals surface area contributed by atoms with Crippen LogP contribution in [0.5, 0.6) is 11.5 Å². The molecule has 0 spiro atoms. The van der Waals surface area contributed by atoms with Crippen LogP contribution in [0.2, 0.25) is 0 Å². The van der Waals surface area contributed by atoms with Gasteiger partial charge < -0.3 is 4.74 Å². The number of hydrogen-bond donors (Lipinski definition) is 0. The van der Waals surface area contributed by atoms with Crippen LogP contribution in [0.1, 0.15) is 11.1 Å². The number of benzene rings is 2. The van der Waals surface area contributed by atoms with Crippen LogP contribution in [0.3, 0.4) is 0 Å². The summed E-state index contributed by atoms with van der Waals surface area (Å²) >= 11 is 0. The standard InChI is InChI=1S/C24H20N2O/c1-17-11-13-26-24(14-17)19-6-5-7-20(15-19)27-21-10-9-18(2)22(16-21)23-8-3-4-12-25-23/h3-16H,1-2H3. The van der Waals surface area contributed by atoms with Crippen LogP contribution in [-0.2, 0) is 0 Å². The van der Waals surface area contributed by atoms with E-state index in [-0.39, 0.29) is 0 Å². The molecule has 3 nitrogen and oxygen atoms in total. The highest BCUT2D eigenvalue weighted by Crippen LogP contribution is 2.31. The maximum absolute atomic E-state index is 6.13. The van der Waals surface area contributed by atoms with E-state index in [1.54, 1.807) is 6.20 Å². The molecule has 0 N–H and O–H groups in total. The summed E-state index contributed by atoms with van der Waals surface area (Å²) in [6.07, 6.45) is 3.64. The highest BCUT2D eigenvalue weighted by molar-refractivity contribution is 5.66. The Morgan fingerprint density at radius 1 is 0.667 bits per heavy atom. The molecule has 2 aromatic heterocycles. The minimum atomic E-state index is 0.784. The lowest BCUT2D eigenvalue weighted by Gasteiger charge is -2.11. The van der Waals surface area contributed by atoms with Crippen molar-refractivity contribution < 1.29 is 4.74 Å². The van der Waals surface area contributed by atoms with Gasteiger partial charge in [0.1, 0.15) is 11.5 Å². The van der Waals surface area contributed by atoms with Gasteiger partial charge in [-0.1, -0.05) is 24.3 Å². The van der Waals surface area contributed by atoms with Gasteiger partial charge in [-0.2, -0.15) is 0 Å². The second-order valence-electron chi connectivity index (χ2n) is 6.54. The number of ether oxygens (including phenoxy) is 1. The topological polar surface area (TPSA) is 35.0 Å². The van der Waals surface area contributed by atoms with Gasteiger partial charge in [0, 0.05) is 23.5 Å². The SMILES string of the molecule is Cc1ccnc(-c2cccc(Oc3ccc(C)c(-c4ccccn4)c3)c2)c1. The Balaban J connectivity index is 1.64. The molecule has 0 aliphatic rings. The van der Waals surface area contributed by atoms with E-state index in [1.165, 1.54) is 11.1 Å². The first-order valence-electron chi connectivity index (χ1n) is 8.92. The average Bonchev–Trinajstić information content (AvgIpc) is 2.70. The third-order valence-electron chi connectivity index (χ3n) is 4.43. The van der Waals surface area contributed by atoms with Gasteiger partial charge >= 0.3 is 0 Å². The van der Waals surface area contributed by atoms with Crippen LogP contribution in [0.15, 0.2) is 85.2 Å². The third kappa shape index (κ3) is 3.87. The van der Waals surface area contributed by atoms with Crippen LogP contribution in [0.25, 0.3) is 22.5 Å². The molecule has 0 saturated heterocycles. The van der Waals surface area contributed by atoms with Gasteiger partial charge in [0.2, 0.25) is 0 Å². The Kier molecular flexibility index (Phi) is 4.67. The van der Waals surface area contributed by atoms with E-state index in [1.807, 2.05) is 66.9 Å². The molecule has 0 atom stereocenters. The summed E-state index contributed by atoms with van der Waals surface area (Å²) in [5.74, 6) is 1.57. The number of pyridine rings is 2. The molecule has 4 aromatic rings. The molecule has 2 aromatic carbocycles. The van der Waals surface area contributed by atoms with E-state index in [2.05, 4.69) is 35.9 Å². The highest BCUT2D eigenvalue weighted by Gasteiger charge is 2.07. The van der Waals surface area contributed by atoms with Gasteiger partial charge in [-0.3, -0.25) is 9.97 Å². The van der Waals surface area contributed by atoms with Crippen molar-refractivity contribution in [3.8, 4) is 34.0 Å². The number of aromatic nitrogens is 2. The third-order valence-corrected chi connectivity index (χ3v) is 4.43. The quantitative estimate of drug-likeness (QED) is 0.437. The van der Waals surface area contributed by atoms with Crippen LogP contribution in [-0.4, -0.2) is 9.97 Å². The molecular weight excluding hydrogens is 332 g/mol. The molecule has 0 saturated carbocycles. The summed E-state index contributed by atoms with van der Waals surface area (Å²) < 4.78 is 6.13. The van der Waals surface area contributed by atoms with E-state index in [0.29, 0.717) is 0 Å². The molecule has 0 aliphatic heterocycles. The van der Waals surface area contributed by atoms with Gasteiger partial charge in [0.05, 0.1) is 11.4 Å². The zero-order valence-corrected chi connectivity index (χ0v) is 15.4. The molecule has 0 fully saturated rings. The van der Waals surface area contributed by atoms with Crippen LogP contribution < -0.4 is 4.74 Å². The number of nitrogens with zero attached hydrogens (tertiary/aromatic N) is 2. The van der Waals surface area contributed by atoms with Gasteiger partial charge in [-0.05, 0) is 73.5 Å². The molecular formula is C24H20N2O. The van der Waals surface area contributed by atoms with Gasteiger partial charge in [0.15, 0.2) is 0 Å². The minimum absolute atomic E-state index is 0.784. The summed E-state index contributed by atoms with van der Waals surface area (Å²) in [6.45, 7) is 4.15. The van der Waals surface area contributed by atoms with Crippen molar-refractivity contribution in [3.63, 3.8) is 0 Å². The zero-order chi connectivity index (χ0) is 18.6. The molecule has 0 bridgehead atoms. The molecule has 0 unspecified atom stereocenters. The first-order chi connectivity index (χ1) is 13.2. The number of rotatable bonds is 4. The molecule has 4 rings (SSSR count). The van der Waals surface area contributed by atoms with E-state index in [0.717, 1.165) is 34.0 Å². The fourth-order valence-electron chi connectivity index (χ4n) is 3.01. The summed E-state index contributed by atoms with van der Waals surface area (Å²) in [5.41, 5.74) is 6.35. The smallest absolute Gasteiger partial charge is 0.128 e. The van der Waals surface area contributed by atoms with Crippen molar-refractivity contribution in [2.24, 2.45) is 0 Å². The van der Waals surface area contributed by atoms with Crippen LogP contribution in [0.4, 0.5) is 0 Å². The van der Waals surface area contributed by atoms with Crippen molar-refractivity contribution in [2.75, 3.05) is 0 Å². The van der Waals surface area contributed by atoms with E-state index < -0.39 is 0 Å². The van der Waals surface area contributed by atoms with Crippen LogP contribution in [0, 0.1) is 13.8 Å². The summed E-state index contributed by atoms with van der Waals surface area (Å²) in [4.78, 5) is 8.92. The first kappa shape index (κ1) is 17.0. The molecule has 3 heteroatoms. The molecule has 0 amide bonds. The minimum Gasteiger partial charge on any atom is -0.457 e. The van der Waals surface area contributed by atoms with E-state index in [9.17, 15) is 0 Å². The van der Waals surface area contributed by atoms with Crippen molar-refractivity contribution in [1.82, 2.24) is 9.97 Å². The van der Waals surface area contributed by atoms with E-state index in [4.69, 9.17) is 4.74 Å². The normalized spacial score (nSPS) is 10.6. The summed E-state index contributed by atoms with van der Waals surface area (Å²) in [6, 6.07) is 24.1. The average molecular weight is 352 g/mol. The number of aryl methyl sites for hydroxylation is 2. The maximum Gasteiger partial charge on any atom is 0.128 e. The first-order valence-corrected chi connectivity index (χ1v) is 8.92. The molecule has 0 aliphatic carbocycles. The Bertz CT molecular complexity index is 1070. The van der Waals surface area contributed by atoms with E-state index >= 15 is 0 Å². The summed E-state index contributed by atoms with van der Waals surface area (Å²) in [7, 11) is 0. The lowest BCUT2D eigenvalue weighted by Crippen LogP contribution is -1.90. The van der Waals surface area contributed by atoms with Gasteiger partial charge in [-0.25, -0.2) is 0 Å². The van der Waals surface area contributed by atoms with Crippen molar-refractivity contribution in [3.05, 3.63) is 96.3 Å². The van der Waals surface area contributed by atoms with Gasteiger partial charge in [0.25, 0.3) is 0 Å². The van der Waals surface area contributed by atoms with Crippen LogP contribution >= 0.6 is 0 Å². The van der Waals surface area contributed by atoms with Gasteiger partial charge in [-0.15, -0.1) is 0 Å². The molecule has 132 valence electrons. The second kappa shape index (κ2) is 7.42. The lowest BCUT2D eigenvalue weighted by molar-refractivity contribution is 0.483. The van der Waals surface area contributed by atoms with Crippen molar-refractivity contribution >= 4 is 0 Å².